The van der Waals surface area contributed by atoms with Gasteiger partial charge in [-0.2, -0.15) is 0 Å². The molecule has 0 fully saturated rings. The molecule has 7 N–H and O–H groups in total. The second-order valence-corrected chi connectivity index (χ2v) is 1.43. The average molecular weight is 279 g/mol. The Bertz CT molecular complexity index is 169. The standard InChI is InChI=1S/2C2H5NO2.HNO3.Zn/c2*3-1-2(4)5;2-1(3)4;/h2*1,3H2,(H,4,5);(H,2,3,4);. The molecule has 0 saturated carbocycles. The minimum absolute atomic E-state index is 0. The fraction of sp³-hybridized carbons (Fsp3) is 0.500. The largest absolute Gasteiger partial charge is 0.480 e. The predicted octanol–water partition coefficient (Wildman–Crippen LogP) is -2.29. The van der Waals surface area contributed by atoms with Crippen molar-refractivity contribution in [3.63, 3.8) is 0 Å². The Balaban J connectivity index is -0.0000000590. The normalized spacial score (nSPS) is 6.53. The zero-order valence-electron chi connectivity index (χ0n) is 7.70. The van der Waals surface area contributed by atoms with E-state index >= 15 is 0 Å². The van der Waals surface area contributed by atoms with Gasteiger partial charge in [-0.1, -0.05) is 0 Å². The SMILES string of the molecule is NCC(=O)O.NCC(=O)O.O=[N+]([O-])O.[Zn]. The number of aliphatic carboxylic acids is 2. The van der Waals surface area contributed by atoms with E-state index in [2.05, 4.69) is 11.5 Å². The van der Waals surface area contributed by atoms with Gasteiger partial charge in [0.25, 0.3) is 5.09 Å². The van der Waals surface area contributed by atoms with Crippen LogP contribution in [0.1, 0.15) is 0 Å². The number of rotatable bonds is 2. The molecule has 0 aliphatic rings. The summed E-state index contributed by atoms with van der Waals surface area (Å²) in [6.07, 6.45) is 0. The first kappa shape index (κ1) is 23.5. The number of hydrogen-bond donors (Lipinski definition) is 5. The molecule has 0 saturated heterocycles. The molecule has 11 heteroatoms. The Morgan fingerprint density at radius 3 is 1.20 bits per heavy atom. The van der Waals surface area contributed by atoms with E-state index in [1.165, 1.54) is 0 Å². The van der Waals surface area contributed by atoms with E-state index in [1.807, 2.05) is 0 Å². The summed E-state index contributed by atoms with van der Waals surface area (Å²) in [6, 6.07) is 0. The molecule has 0 aliphatic carbocycles. The van der Waals surface area contributed by atoms with Crippen LogP contribution >= 0.6 is 0 Å². The van der Waals surface area contributed by atoms with E-state index < -0.39 is 17.0 Å². The predicted molar refractivity (Wildman–Crippen MR) is 42.2 cm³/mol. The monoisotopic (exact) mass is 277 g/mol. The van der Waals surface area contributed by atoms with Crippen molar-refractivity contribution in [1.29, 1.82) is 0 Å². The van der Waals surface area contributed by atoms with Gasteiger partial charge >= 0.3 is 11.9 Å². The van der Waals surface area contributed by atoms with Gasteiger partial charge in [0.05, 0.1) is 13.1 Å². The van der Waals surface area contributed by atoms with E-state index in [9.17, 15) is 9.59 Å². The molecule has 0 aromatic heterocycles. The van der Waals surface area contributed by atoms with Crippen LogP contribution in [0.25, 0.3) is 0 Å². The van der Waals surface area contributed by atoms with Crippen LogP contribution in [0.2, 0.25) is 0 Å². The van der Waals surface area contributed by atoms with Crippen molar-refractivity contribution in [3.8, 4) is 0 Å². The zero-order valence-corrected chi connectivity index (χ0v) is 10.7. The molecule has 0 radical (unpaired) electrons. The minimum atomic E-state index is -1.50. The number of nitrogens with zero attached hydrogens (tertiary/aromatic N) is 1. The molecule has 0 aromatic rings. The molecular weight excluding hydrogens is 267 g/mol. The summed E-state index contributed by atoms with van der Waals surface area (Å²) in [4.78, 5) is 26.8. The van der Waals surface area contributed by atoms with Gasteiger partial charge < -0.3 is 26.9 Å². The summed E-state index contributed by atoms with van der Waals surface area (Å²) in [6.45, 7) is -0.556. The van der Waals surface area contributed by atoms with Gasteiger partial charge in [0.2, 0.25) is 0 Å². The van der Waals surface area contributed by atoms with Gasteiger partial charge in [0.1, 0.15) is 0 Å². The second-order valence-electron chi connectivity index (χ2n) is 1.43. The maximum absolute atomic E-state index is 9.24. The third-order valence-electron chi connectivity index (χ3n) is 0.349. The fourth-order valence-electron chi connectivity index (χ4n) is 0. The van der Waals surface area contributed by atoms with Gasteiger partial charge in [0.15, 0.2) is 0 Å². The molecule has 0 bridgehead atoms. The molecule has 0 unspecified atom stereocenters. The Morgan fingerprint density at radius 1 is 1.13 bits per heavy atom. The molecule has 86 valence electrons. The third-order valence-corrected chi connectivity index (χ3v) is 0.349. The van der Waals surface area contributed by atoms with E-state index in [1.54, 1.807) is 0 Å². The second kappa shape index (κ2) is 18.5. The summed E-state index contributed by atoms with van der Waals surface area (Å²) >= 11 is 0. The number of carbonyl (C=O) groups is 2. The molecule has 0 aromatic carbocycles. The molecule has 10 nitrogen and oxygen atoms in total. The van der Waals surface area contributed by atoms with Crippen molar-refractivity contribution in [1.82, 2.24) is 0 Å². The summed E-state index contributed by atoms with van der Waals surface area (Å²) < 4.78 is 0. The third kappa shape index (κ3) is 201. The van der Waals surface area contributed by atoms with Crippen LogP contribution in [-0.4, -0.2) is 45.5 Å². The molecule has 0 amide bonds. The van der Waals surface area contributed by atoms with E-state index in [0.717, 1.165) is 0 Å². The topological polar surface area (TPSA) is 190 Å². The van der Waals surface area contributed by atoms with Crippen molar-refractivity contribution in [3.05, 3.63) is 10.1 Å². The van der Waals surface area contributed by atoms with Crippen LogP contribution in [0.5, 0.6) is 0 Å². The van der Waals surface area contributed by atoms with Gasteiger partial charge in [-0.05, 0) is 0 Å². The van der Waals surface area contributed by atoms with Gasteiger partial charge in [-0.25, -0.2) is 0 Å². The van der Waals surface area contributed by atoms with Crippen molar-refractivity contribution >= 4 is 11.9 Å². The first-order chi connectivity index (χ1) is 6.27. The minimum Gasteiger partial charge on any atom is -0.480 e. The summed E-state index contributed by atoms with van der Waals surface area (Å²) in [5, 5.41) is 28.8. The Morgan fingerprint density at radius 2 is 1.20 bits per heavy atom. The van der Waals surface area contributed by atoms with Crippen LogP contribution in [-0.2, 0) is 29.1 Å². The Kier molecular flexibility index (Phi) is 28.9. The number of carboxylic acids is 2. The molecule has 0 spiro atoms. The molecule has 0 rings (SSSR count). The first-order valence-electron chi connectivity index (χ1n) is 2.94. The van der Waals surface area contributed by atoms with Crippen molar-refractivity contribution in [2.45, 2.75) is 0 Å². The number of nitrogens with two attached hydrogens (primary N) is 2. The molecule has 0 heterocycles. The van der Waals surface area contributed by atoms with Crippen molar-refractivity contribution in [2.75, 3.05) is 13.1 Å². The van der Waals surface area contributed by atoms with Gasteiger partial charge in [-0.15, -0.1) is 10.1 Å². The molecule has 0 atom stereocenters. The van der Waals surface area contributed by atoms with Crippen LogP contribution in [0.3, 0.4) is 0 Å². The van der Waals surface area contributed by atoms with Crippen LogP contribution < -0.4 is 11.5 Å². The molecular formula is C4H11N3O7Zn. The van der Waals surface area contributed by atoms with Crippen molar-refractivity contribution in [2.24, 2.45) is 11.5 Å². The maximum atomic E-state index is 9.24. The maximum Gasteiger partial charge on any atom is 0.317 e. The summed E-state index contributed by atoms with van der Waals surface area (Å²) in [7, 11) is 0. The van der Waals surface area contributed by atoms with Crippen LogP contribution in [0, 0.1) is 10.1 Å². The number of carboxylic acid groups (broad SMARTS) is 2. The quantitative estimate of drug-likeness (QED) is 0.210. The van der Waals surface area contributed by atoms with Gasteiger partial charge in [0, 0.05) is 19.5 Å². The van der Waals surface area contributed by atoms with Crippen molar-refractivity contribution < 1.29 is 49.6 Å². The first-order valence-corrected chi connectivity index (χ1v) is 2.94. The van der Waals surface area contributed by atoms with Gasteiger partial charge in [-0.3, -0.25) is 9.59 Å². The smallest absolute Gasteiger partial charge is 0.317 e. The Hall–Kier alpha value is -1.32. The Labute approximate surface area is 96.7 Å². The number of hydrogen-bond acceptors (Lipinski definition) is 6. The summed E-state index contributed by atoms with van der Waals surface area (Å²) in [5.74, 6) is -1.94. The summed E-state index contributed by atoms with van der Waals surface area (Å²) in [5.41, 5.74) is 9.14. The molecule has 15 heavy (non-hydrogen) atoms. The van der Waals surface area contributed by atoms with E-state index in [0.29, 0.717) is 0 Å². The molecule has 0 aliphatic heterocycles. The van der Waals surface area contributed by atoms with Crippen LogP contribution in [0.15, 0.2) is 0 Å². The van der Waals surface area contributed by atoms with E-state index in [-0.39, 0.29) is 32.6 Å². The van der Waals surface area contributed by atoms with Crippen LogP contribution in [0.4, 0.5) is 0 Å². The van der Waals surface area contributed by atoms with E-state index in [4.69, 9.17) is 25.5 Å². The fourth-order valence-corrected chi connectivity index (χ4v) is 0. The zero-order chi connectivity index (χ0) is 12.1. The average Bonchev–Trinajstić information content (AvgIpc) is 2.04.